The molecule has 0 fully saturated rings. The zero-order valence-corrected chi connectivity index (χ0v) is 13.9. The maximum atomic E-state index is 10.8. The zero-order valence-electron chi connectivity index (χ0n) is 10.1. The highest BCUT2D eigenvalue weighted by Gasteiger charge is 2.10. The lowest BCUT2D eigenvalue weighted by Gasteiger charge is -1.96. The van der Waals surface area contributed by atoms with Crippen LogP contribution in [0.1, 0.15) is 0 Å². The third-order valence-corrected chi connectivity index (χ3v) is 3.38. The first-order chi connectivity index (χ1) is 10.5. The van der Waals surface area contributed by atoms with Crippen molar-refractivity contribution >= 4 is 58.9 Å². The third kappa shape index (κ3) is 3.79. The Labute approximate surface area is 147 Å². The number of nitrogens with one attached hydrogen (secondary N) is 1. The van der Waals surface area contributed by atoms with Gasteiger partial charge in [-0.3, -0.25) is 4.98 Å². The van der Waals surface area contributed by atoms with Crippen LogP contribution in [0, 0.1) is 0 Å². The van der Waals surface area contributed by atoms with Crippen LogP contribution in [0.25, 0.3) is 0 Å². The number of nitrogens with zero attached hydrogens (tertiary/aromatic N) is 5. The number of H-pyrrole nitrogens is 1. The Kier molecular flexibility index (Phi) is 6.07. The minimum atomic E-state index is -1.16. The molecule has 0 atom stereocenters. The van der Waals surface area contributed by atoms with E-state index < -0.39 is 34.1 Å². The van der Waals surface area contributed by atoms with Crippen LogP contribution in [0.2, 0.25) is 0 Å². The van der Waals surface area contributed by atoms with E-state index in [4.69, 9.17) is 58.9 Å². The predicted octanol–water partition coefficient (Wildman–Crippen LogP) is -2.12. The van der Waals surface area contributed by atoms with Gasteiger partial charge in [0.25, 0.3) is 0 Å². The Balaban J connectivity index is 0.000000231. The van der Waals surface area contributed by atoms with Crippen molar-refractivity contribution in [1.82, 2.24) is 25.4 Å². The Morgan fingerprint density at radius 2 is 0.696 bits per heavy atom. The van der Waals surface area contributed by atoms with Crippen molar-refractivity contribution in [2.75, 3.05) is 0 Å². The van der Waals surface area contributed by atoms with Crippen LogP contribution in [0.5, 0.6) is 0 Å². The first-order valence-electron chi connectivity index (χ1n) is 4.81. The molecule has 0 aliphatic rings. The maximum absolute atomic E-state index is 10.8. The van der Waals surface area contributed by atoms with Crippen LogP contribution in [0.4, 0.5) is 0 Å². The molecule has 0 aliphatic carbocycles. The van der Waals surface area contributed by atoms with Gasteiger partial charge in [-0.2, -0.15) is 0 Å². The van der Waals surface area contributed by atoms with E-state index in [1.165, 1.54) is 0 Å². The molecule has 23 heavy (non-hydrogen) atoms. The van der Waals surface area contributed by atoms with Gasteiger partial charge in [0, 0.05) is 58.9 Å². The quantitative estimate of drug-likeness (QED) is 0.506. The summed E-state index contributed by atoms with van der Waals surface area (Å²) < 4.78 is 0.576. The van der Waals surface area contributed by atoms with Gasteiger partial charge in [-0.1, -0.05) is 0 Å². The summed E-state index contributed by atoms with van der Waals surface area (Å²) in [5.74, 6) is 0. The lowest BCUT2D eigenvalue weighted by Crippen LogP contribution is -2.47. The Morgan fingerprint density at radius 3 is 0.957 bits per heavy atom. The molecule has 2 rings (SSSR count). The van der Waals surface area contributed by atoms with Gasteiger partial charge in [0.15, 0.2) is 0 Å². The molecular formula is C6HCl5N6O6. The van der Waals surface area contributed by atoms with E-state index in [1.54, 1.807) is 4.98 Å². The predicted molar refractivity (Wildman–Crippen MR) is 81.1 cm³/mol. The van der Waals surface area contributed by atoms with Crippen molar-refractivity contribution in [2.24, 2.45) is 0 Å². The van der Waals surface area contributed by atoms with Crippen LogP contribution >= 0.6 is 58.9 Å². The fourth-order valence-electron chi connectivity index (χ4n) is 0.917. The number of rotatable bonds is 0. The average Bonchev–Trinajstić information content (AvgIpc) is 2.53. The second-order valence-electron chi connectivity index (χ2n) is 3.27. The van der Waals surface area contributed by atoms with E-state index in [2.05, 4.69) is 0 Å². The molecule has 0 spiro atoms. The van der Waals surface area contributed by atoms with Crippen molar-refractivity contribution in [2.45, 2.75) is 0 Å². The fourth-order valence-corrected chi connectivity index (χ4v) is 1.76. The minimum absolute atomic E-state index is 0.0847. The topological polar surface area (TPSA) is 143 Å². The van der Waals surface area contributed by atoms with Gasteiger partial charge >= 0.3 is 34.1 Å². The van der Waals surface area contributed by atoms with Gasteiger partial charge < -0.3 is 0 Å². The largest absolute Gasteiger partial charge is 0.366 e. The van der Waals surface area contributed by atoms with Gasteiger partial charge in [0.2, 0.25) is 0 Å². The van der Waals surface area contributed by atoms with Gasteiger partial charge in [-0.05, 0) is 0 Å². The van der Waals surface area contributed by atoms with E-state index in [1.807, 2.05) is 0 Å². The van der Waals surface area contributed by atoms with Crippen molar-refractivity contribution in [3.63, 3.8) is 0 Å². The summed E-state index contributed by atoms with van der Waals surface area (Å²) in [6, 6.07) is 0. The first kappa shape index (κ1) is 19.3. The highest BCUT2D eigenvalue weighted by Crippen LogP contribution is 1.78. The molecule has 2 aromatic heterocycles. The van der Waals surface area contributed by atoms with Crippen molar-refractivity contribution in [1.29, 1.82) is 0 Å². The maximum Gasteiger partial charge on any atom is 0.366 e. The van der Waals surface area contributed by atoms with Crippen LogP contribution in [0.15, 0.2) is 28.8 Å². The van der Waals surface area contributed by atoms with Gasteiger partial charge in [0.1, 0.15) is 0 Å². The lowest BCUT2D eigenvalue weighted by atomic mass is 11.0. The molecule has 0 unspecified atom stereocenters. The van der Waals surface area contributed by atoms with E-state index in [9.17, 15) is 28.8 Å². The summed E-state index contributed by atoms with van der Waals surface area (Å²) in [4.78, 5) is 65.6. The normalized spacial score (nSPS) is 10.1. The average molecular weight is 430 g/mol. The molecule has 0 aromatic carbocycles. The van der Waals surface area contributed by atoms with Crippen LogP contribution < -0.4 is 34.1 Å². The molecule has 0 saturated carbocycles. The Hall–Kier alpha value is -1.73. The minimum Gasteiger partial charge on any atom is -0.257 e. The molecule has 17 heteroatoms. The van der Waals surface area contributed by atoms with Gasteiger partial charge in [0.05, 0.1) is 0 Å². The molecule has 12 nitrogen and oxygen atoms in total. The summed E-state index contributed by atoms with van der Waals surface area (Å²) in [5, 5.41) is 0. The second kappa shape index (κ2) is 7.23. The number of hydrogen-bond donors (Lipinski definition) is 1. The number of aromatic nitrogens is 6. The summed E-state index contributed by atoms with van der Waals surface area (Å²) in [7, 11) is 0. The van der Waals surface area contributed by atoms with Gasteiger partial charge in [-0.25, -0.2) is 28.8 Å². The Bertz CT molecular complexity index is 961. The van der Waals surface area contributed by atoms with Crippen molar-refractivity contribution in [3.8, 4) is 0 Å². The molecular weight excluding hydrogens is 429 g/mol. The molecule has 0 bridgehead atoms. The van der Waals surface area contributed by atoms with Crippen molar-refractivity contribution in [3.05, 3.63) is 62.9 Å². The summed E-state index contributed by atoms with van der Waals surface area (Å²) in [6.07, 6.45) is 0. The summed E-state index contributed by atoms with van der Waals surface area (Å²) >= 11 is 25.4. The number of halogens is 5. The van der Waals surface area contributed by atoms with Crippen molar-refractivity contribution < 1.29 is 0 Å². The highest BCUT2D eigenvalue weighted by molar-refractivity contribution is 6.19. The molecule has 0 aliphatic heterocycles. The molecule has 0 saturated heterocycles. The monoisotopic (exact) mass is 428 g/mol. The molecule has 1 N–H and O–H groups in total. The lowest BCUT2D eigenvalue weighted by molar-refractivity contribution is 0.770. The molecule has 2 aromatic rings. The standard InChI is InChI=1S/C3Cl3N3O3.C3HCl2N3O3/c4-7-1(10)8(5)3(12)9(6)2(7)11;4-7-1(9)6-2(10)8(5)3(7)11/h;(H,6,9,10). The smallest absolute Gasteiger partial charge is 0.257 e. The Morgan fingerprint density at radius 1 is 0.478 bits per heavy atom. The van der Waals surface area contributed by atoms with E-state index in [0.717, 1.165) is 0 Å². The van der Waals surface area contributed by atoms with E-state index in [0.29, 0.717) is 0 Å². The second-order valence-corrected chi connectivity index (χ2v) is 4.96. The molecule has 0 radical (unpaired) electrons. The SMILES string of the molecule is O=c1[nH]c(=O)n(Cl)c(=O)n1Cl.O=c1n(Cl)c(=O)n(Cl)c(=O)n1Cl. The van der Waals surface area contributed by atoms with Crippen LogP contribution in [-0.2, 0) is 0 Å². The van der Waals surface area contributed by atoms with Crippen LogP contribution in [-0.4, -0.2) is 25.4 Å². The van der Waals surface area contributed by atoms with E-state index >= 15 is 0 Å². The first-order valence-corrected chi connectivity index (χ1v) is 6.50. The fraction of sp³-hybridized carbons (Fsp3) is 0. The molecule has 126 valence electrons. The molecule has 0 amide bonds. The molecule has 2 heterocycles. The van der Waals surface area contributed by atoms with Crippen LogP contribution in [0.3, 0.4) is 0 Å². The zero-order chi connectivity index (χ0) is 18.1. The van der Waals surface area contributed by atoms with E-state index in [-0.39, 0.29) is 20.4 Å². The third-order valence-electron chi connectivity index (χ3n) is 1.91. The summed E-state index contributed by atoms with van der Waals surface area (Å²) in [5.41, 5.74) is -6.61. The number of aromatic amines is 1. The summed E-state index contributed by atoms with van der Waals surface area (Å²) in [6.45, 7) is 0. The van der Waals surface area contributed by atoms with Gasteiger partial charge in [-0.15, -0.1) is 20.4 Å². The highest BCUT2D eigenvalue weighted by atomic mass is 35.5. The number of hydrogen-bond acceptors (Lipinski definition) is 6.